The Morgan fingerprint density at radius 2 is 1.07 bits per heavy atom. The number of esters is 1. The molecular weight excluding hydrogens is 568 g/mol. The lowest BCUT2D eigenvalue weighted by Gasteiger charge is -2.27. The van der Waals surface area contributed by atoms with E-state index in [1.807, 2.05) is 0 Å². The van der Waals surface area contributed by atoms with Gasteiger partial charge in [-0.1, -0.05) is 168 Å². The highest BCUT2D eigenvalue weighted by Gasteiger charge is 2.43. The van der Waals surface area contributed by atoms with Crippen LogP contribution in [0.2, 0.25) is 0 Å². The van der Waals surface area contributed by atoms with Gasteiger partial charge in [0.15, 0.2) is 12.8 Å². The molecule has 1 rings (SSSR count). The molecule has 0 aromatic rings. The van der Waals surface area contributed by atoms with Crippen LogP contribution < -0.4 is 17.7 Å². The van der Waals surface area contributed by atoms with Crippen molar-refractivity contribution in [1.82, 2.24) is 5.32 Å². The summed E-state index contributed by atoms with van der Waals surface area (Å²) in [5, 5.41) is 13.3. The Morgan fingerprint density at radius 3 is 1.50 bits per heavy atom. The molecule has 44 heavy (non-hydrogen) atoms. The first-order chi connectivity index (χ1) is 21.2. The van der Waals surface area contributed by atoms with Crippen molar-refractivity contribution >= 4 is 12.2 Å². The van der Waals surface area contributed by atoms with Crippen LogP contribution in [0.4, 0.5) is 0 Å². The van der Waals surface area contributed by atoms with Crippen molar-refractivity contribution in [1.29, 1.82) is 0 Å². The van der Waals surface area contributed by atoms with Crippen molar-refractivity contribution in [3.8, 4) is 0 Å². The van der Waals surface area contributed by atoms with Crippen LogP contribution in [-0.2, 0) is 9.53 Å². The van der Waals surface area contributed by atoms with Crippen molar-refractivity contribution in [2.45, 2.75) is 206 Å². The fourth-order valence-corrected chi connectivity index (χ4v) is 6.75. The lowest BCUT2D eigenvalue weighted by molar-refractivity contribution is -0.607. The molecule has 0 fully saturated rings. The number of ether oxygens (including phenoxy) is 1. The fourth-order valence-electron chi connectivity index (χ4n) is 6.75. The minimum atomic E-state index is -0.184. The predicted octanol–water partition coefficient (Wildman–Crippen LogP) is 7.26. The van der Waals surface area contributed by atoms with Crippen LogP contribution in [0.1, 0.15) is 200 Å². The monoisotopic (exact) mass is 643 g/mol. The van der Waals surface area contributed by atoms with Gasteiger partial charge in [-0.2, -0.15) is 0 Å². The molecule has 2 N–H and O–H groups in total. The number of unbranched alkanes of at least 4 members (excludes halogenated alkanes) is 24. The van der Waals surface area contributed by atoms with Gasteiger partial charge in [-0.3, -0.25) is 4.79 Å². The third-order valence-corrected chi connectivity index (χ3v) is 9.59. The van der Waals surface area contributed by atoms with Crippen LogP contribution in [0.5, 0.6) is 0 Å². The first kappa shape index (κ1) is 43.4. The van der Waals surface area contributed by atoms with Crippen LogP contribution in [0.25, 0.3) is 0 Å². The summed E-state index contributed by atoms with van der Waals surface area (Å²) in [7, 11) is 0. The summed E-state index contributed by atoms with van der Waals surface area (Å²) in [5.74, 6) is -0.0464. The Hall–Kier alpha value is -0.650. The maximum atomic E-state index is 12.4. The SMILES string of the molecule is CCCCCCCCCCCCCCCC(=O)OCCC1(CCCCCCCCCCCCCCC)NCC=[N+]1CCO.[Cl-]. The van der Waals surface area contributed by atoms with Crippen molar-refractivity contribution in [3.63, 3.8) is 0 Å². The van der Waals surface area contributed by atoms with E-state index in [9.17, 15) is 9.90 Å². The van der Waals surface area contributed by atoms with E-state index in [1.54, 1.807) is 0 Å². The van der Waals surface area contributed by atoms with Crippen molar-refractivity contribution in [2.24, 2.45) is 0 Å². The molecule has 0 saturated heterocycles. The van der Waals surface area contributed by atoms with Gasteiger partial charge in [-0.05, 0) is 12.8 Å². The Kier molecular flexibility index (Phi) is 31.8. The van der Waals surface area contributed by atoms with Gasteiger partial charge in [-0.15, -0.1) is 0 Å². The van der Waals surface area contributed by atoms with Crippen LogP contribution >= 0.6 is 0 Å². The zero-order valence-corrected chi connectivity index (χ0v) is 30.3. The van der Waals surface area contributed by atoms with Gasteiger partial charge >= 0.3 is 5.97 Å². The molecule has 6 heteroatoms. The average molecular weight is 643 g/mol. The summed E-state index contributed by atoms with van der Waals surface area (Å²) in [6.07, 6.45) is 39.3. The quantitative estimate of drug-likeness (QED) is 0.0449. The molecule has 262 valence electrons. The van der Waals surface area contributed by atoms with E-state index in [4.69, 9.17) is 4.74 Å². The zero-order valence-electron chi connectivity index (χ0n) is 29.5. The predicted molar refractivity (Wildman–Crippen MR) is 185 cm³/mol. The molecule has 0 amide bonds. The molecule has 5 nitrogen and oxygen atoms in total. The molecule has 0 saturated carbocycles. The maximum absolute atomic E-state index is 12.4. The van der Waals surface area contributed by atoms with Crippen LogP contribution in [0.3, 0.4) is 0 Å². The number of hydrogen-bond acceptors (Lipinski definition) is 4. The van der Waals surface area contributed by atoms with E-state index < -0.39 is 0 Å². The number of carbonyl (C=O) groups is 1. The average Bonchev–Trinajstić information content (AvgIpc) is 3.40. The molecule has 0 bridgehead atoms. The number of nitrogens with zero attached hydrogens (tertiary/aromatic N) is 1. The molecule has 0 aromatic carbocycles. The summed E-state index contributed by atoms with van der Waals surface area (Å²) >= 11 is 0. The second kappa shape index (κ2) is 32.3. The minimum Gasteiger partial charge on any atom is -1.00 e. The van der Waals surface area contributed by atoms with Crippen molar-refractivity contribution in [3.05, 3.63) is 0 Å². The maximum Gasteiger partial charge on any atom is 0.305 e. The summed E-state index contributed by atoms with van der Waals surface area (Å²) in [6.45, 7) is 6.63. The number of hydrogen-bond donors (Lipinski definition) is 2. The second-order valence-corrected chi connectivity index (χ2v) is 13.5. The van der Waals surface area contributed by atoms with Crippen LogP contribution in [0.15, 0.2) is 0 Å². The van der Waals surface area contributed by atoms with Gasteiger partial charge in [0, 0.05) is 12.8 Å². The van der Waals surface area contributed by atoms with Gasteiger partial charge in [0.2, 0.25) is 5.66 Å². The van der Waals surface area contributed by atoms with E-state index in [0.29, 0.717) is 19.6 Å². The number of aliphatic hydroxyl groups excluding tert-OH is 1. The highest BCUT2D eigenvalue weighted by molar-refractivity contribution is 5.69. The van der Waals surface area contributed by atoms with Gasteiger partial charge in [0.1, 0.15) is 6.61 Å². The Bertz CT molecular complexity index is 660. The smallest absolute Gasteiger partial charge is 0.305 e. The number of carbonyl (C=O) groups excluding carboxylic acids is 1. The van der Waals surface area contributed by atoms with Crippen molar-refractivity contribution < 1.29 is 31.6 Å². The van der Waals surface area contributed by atoms with Gasteiger partial charge in [0.05, 0.1) is 19.6 Å². The first-order valence-electron chi connectivity index (χ1n) is 19.3. The van der Waals surface area contributed by atoms with E-state index >= 15 is 0 Å². The van der Waals surface area contributed by atoms with E-state index in [1.165, 1.54) is 154 Å². The second-order valence-electron chi connectivity index (χ2n) is 13.5. The largest absolute Gasteiger partial charge is 1.00 e. The lowest BCUT2D eigenvalue weighted by Crippen LogP contribution is -3.00. The summed E-state index contributed by atoms with van der Waals surface area (Å²) in [4.78, 5) is 12.4. The number of nitrogens with one attached hydrogen (secondary N) is 1. The first-order valence-corrected chi connectivity index (χ1v) is 19.3. The third kappa shape index (κ3) is 23.7. The molecule has 1 aliphatic heterocycles. The number of aliphatic hydroxyl groups is 1. The van der Waals surface area contributed by atoms with Crippen LogP contribution in [0, 0.1) is 0 Å². The molecule has 1 atom stereocenters. The van der Waals surface area contributed by atoms with Crippen molar-refractivity contribution in [2.75, 3.05) is 26.3 Å². The summed E-state index contributed by atoms with van der Waals surface area (Å²) in [6, 6.07) is 0. The molecular formula is C38H75ClN2O3. The van der Waals surface area contributed by atoms with Gasteiger partial charge in [-0.25, -0.2) is 9.89 Å². The zero-order chi connectivity index (χ0) is 31.1. The summed E-state index contributed by atoms with van der Waals surface area (Å²) < 4.78 is 7.97. The number of rotatable bonds is 33. The molecule has 1 aliphatic rings. The molecule has 1 heterocycles. The van der Waals surface area contributed by atoms with E-state index in [2.05, 4.69) is 30.0 Å². The molecule has 0 aromatic heterocycles. The van der Waals surface area contributed by atoms with Gasteiger partial charge < -0.3 is 22.3 Å². The number of β-amino-alcohol motifs (C(OH)–C–C–N with tert-alkyl or cyclic N) is 1. The lowest BCUT2D eigenvalue weighted by atomic mass is 9.96. The highest BCUT2D eigenvalue weighted by atomic mass is 35.5. The normalized spacial score (nSPS) is 16.2. The fraction of sp³-hybridized carbons (Fsp3) is 0.947. The Labute approximate surface area is 280 Å². The molecule has 0 radical (unpaired) electrons. The third-order valence-electron chi connectivity index (χ3n) is 9.59. The molecule has 0 aliphatic carbocycles. The Morgan fingerprint density at radius 1 is 0.659 bits per heavy atom. The van der Waals surface area contributed by atoms with Gasteiger partial charge in [0.25, 0.3) is 0 Å². The standard InChI is InChI=1S/C38H75N2O3.ClH/c1-3-5-7-9-11-13-15-17-19-21-23-25-27-29-37(42)43-36-31-38(39-32-33-40(38)34-35-41)30-28-26-24-22-20-18-16-14-12-10-8-6-4-2;/h33,39,41H,3-32,34-36H2,1-2H3;1H/q+1;/p-1. The molecule has 0 spiro atoms. The van der Waals surface area contributed by atoms with E-state index in [0.717, 1.165) is 32.2 Å². The number of halogens is 1. The minimum absolute atomic E-state index is 0. The molecule has 1 unspecified atom stereocenters. The summed E-state index contributed by atoms with van der Waals surface area (Å²) in [5.41, 5.74) is -0.184. The topological polar surface area (TPSA) is 61.6 Å². The van der Waals surface area contributed by atoms with E-state index in [-0.39, 0.29) is 30.6 Å². The van der Waals surface area contributed by atoms with Crippen LogP contribution in [-0.4, -0.2) is 53.8 Å². The Balaban J connectivity index is 0.0000185. The highest BCUT2D eigenvalue weighted by Crippen LogP contribution is 2.24.